The predicted molar refractivity (Wildman–Crippen MR) is 161 cm³/mol. The number of sulfonamides is 1. The third-order valence-corrected chi connectivity index (χ3v) is 8.45. The summed E-state index contributed by atoms with van der Waals surface area (Å²) in [6, 6.07) is 23.0. The molecule has 0 spiro atoms. The van der Waals surface area contributed by atoms with Crippen molar-refractivity contribution in [1.29, 1.82) is 0 Å². The van der Waals surface area contributed by atoms with Crippen molar-refractivity contribution in [2.24, 2.45) is 0 Å². The Kier molecular flexibility index (Phi) is 10.0. The number of nitrogens with one attached hydrogen (secondary N) is 1. The van der Waals surface area contributed by atoms with Gasteiger partial charge in [-0.05, 0) is 68.1 Å². The average Bonchev–Trinajstić information content (AvgIpc) is 3.45. The van der Waals surface area contributed by atoms with Gasteiger partial charge in [-0.3, -0.25) is 13.9 Å². The lowest BCUT2D eigenvalue weighted by molar-refractivity contribution is -0.140. The molecule has 1 fully saturated rings. The van der Waals surface area contributed by atoms with Gasteiger partial charge in [0.25, 0.3) is 0 Å². The molecule has 41 heavy (non-hydrogen) atoms. The number of rotatable bonds is 12. The van der Waals surface area contributed by atoms with Crippen LogP contribution in [0.2, 0.25) is 0 Å². The molecule has 0 bridgehead atoms. The summed E-state index contributed by atoms with van der Waals surface area (Å²) >= 11 is 0. The Morgan fingerprint density at radius 3 is 2.22 bits per heavy atom. The molecule has 1 aliphatic carbocycles. The van der Waals surface area contributed by atoms with Crippen molar-refractivity contribution in [3.63, 3.8) is 0 Å². The molecule has 9 heteroatoms. The second kappa shape index (κ2) is 13.7. The highest BCUT2D eigenvalue weighted by molar-refractivity contribution is 7.92. The minimum Gasteiger partial charge on any atom is -0.457 e. The topological polar surface area (TPSA) is 96.0 Å². The molecular formula is C32H39N3O5S. The molecule has 1 saturated carbocycles. The fraction of sp³-hybridized carbons (Fsp3) is 0.375. The maximum atomic E-state index is 13.9. The van der Waals surface area contributed by atoms with Crippen LogP contribution in [-0.2, 0) is 26.2 Å². The number of anilines is 1. The van der Waals surface area contributed by atoms with Crippen LogP contribution in [0.15, 0.2) is 78.9 Å². The Labute approximate surface area is 243 Å². The Morgan fingerprint density at radius 1 is 0.951 bits per heavy atom. The number of carbonyl (C=O) groups is 2. The van der Waals surface area contributed by atoms with Crippen LogP contribution in [0.3, 0.4) is 0 Å². The molecule has 3 aromatic carbocycles. The number of carbonyl (C=O) groups excluding carboxylic acids is 2. The lowest BCUT2D eigenvalue weighted by Gasteiger charge is -2.33. The van der Waals surface area contributed by atoms with Crippen LogP contribution in [0.25, 0.3) is 0 Å². The van der Waals surface area contributed by atoms with Crippen LogP contribution >= 0.6 is 0 Å². The van der Waals surface area contributed by atoms with Crippen LogP contribution in [0, 0.1) is 6.92 Å². The monoisotopic (exact) mass is 577 g/mol. The number of nitrogens with zero attached hydrogens (tertiary/aromatic N) is 2. The first-order valence-corrected chi connectivity index (χ1v) is 15.9. The Bertz CT molecular complexity index is 1420. The first-order chi connectivity index (χ1) is 19.6. The molecule has 0 radical (unpaired) electrons. The lowest BCUT2D eigenvalue weighted by atomic mass is 10.1. The van der Waals surface area contributed by atoms with Gasteiger partial charge in [0.1, 0.15) is 24.1 Å². The number of benzene rings is 3. The molecule has 0 aromatic heterocycles. The van der Waals surface area contributed by atoms with E-state index in [0.717, 1.165) is 47.4 Å². The molecule has 2 amide bonds. The quantitative estimate of drug-likeness (QED) is 0.310. The van der Waals surface area contributed by atoms with Crippen molar-refractivity contribution < 1.29 is 22.7 Å². The zero-order valence-corrected chi connectivity index (χ0v) is 24.8. The second-order valence-electron chi connectivity index (χ2n) is 10.6. The van der Waals surface area contributed by atoms with E-state index in [1.54, 1.807) is 24.3 Å². The molecule has 1 N–H and O–H groups in total. The summed E-state index contributed by atoms with van der Waals surface area (Å²) < 4.78 is 32.7. The van der Waals surface area contributed by atoms with E-state index in [0.29, 0.717) is 23.6 Å². The third kappa shape index (κ3) is 8.33. The van der Waals surface area contributed by atoms with Crippen LogP contribution in [0.5, 0.6) is 11.5 Å². The summed E-state index contributed by atoms with van der Waals surface area (Å²) in [5, 5.41) is 3.13. The van der Waals surface area contributed by atoms with E-state index in [-0.39, 0.29) is 18.5 Å². The largest absolute Gasteiger partial charge is 0.457 e. The van der Waals surface area contributed by atoms with Crippen molar-refractivity contribution in [2.75, 3.05) is 17.1 Å². The average molecular weight is 578 g/mol. The number of aryl methyl sites for hydroxylation is 1. The highest BCUT2D eigenvalue weighted by atomic mass is 32.2. The first kappa shape index (κ1) is 30.1. The second-order valence-corrected chi connectivity index (χ2v) is 12.5. The van der Waals surface area contributed by atoms with E-state index < -0.39 is 28.5 Å². The maximum absolute atomic E-state index is 13.9. The molecule has 1 aliphatic rings. The minimum atomic E-state index is -3.82. The van der Waals surface area contributed by atoms with Gasteiger partial charge in [0.15, 0.2) is 0 Å². The van der Waals surface area contributed by atoms with E-state index in [4.69, 9.17) is 4.74 Å². The molecule has 4 rings (SSSR count). The van der Waals surface area contributed by atoms with Crippen molar-refractivity contribution in [1.82, 2.24) is 10.2 Å². The molecule has 3 aromatic rings. The van der Waals surface area contributed by atoms with Gasteiger partial charge < -0.3 is 15.0 Å². The Balaban J connectivity index is 1.58. The van der Waals surface area contributed by atoms with Gasteiger partial charge in [0, 0.05) is 12.6 Å². The van der Waals surface area contributed by atoms with Gasteiger partial charge >= 0.3 is 0 Å². The van der Waals surface area contributed by atoms with Crippen molar-refractivity contribution in [3.8, 4) is 11.5 Å². The fourth-order valence-corrected chi connectivity index (χ4v) is 6.06. The highest BCUT2D eigenvalue weighted by Gasteiger charge is 2.33. The smallest absolute Gasteiger partial charge is 0.244 e. The summed E-state index contributed by atoms with van der Waals surface area (Å²) in [6.07, 6.45) is 5.49. The summed E-state index contributed by atoms with van der Waals surface area (Å²) in [5.41, 5.74) is 2.24. The Morgan fingerprint density at radius 2 is 1.61 bits per heavy atom. The van der Waals surface area contributed by atoms with Crippen LogP contribution in [0.4, 0.5) is 5.69 Å². The number of amides is 2. The summed E-state index contributed by atoms with van der Waals surface area (Å²) in [6.45, 7) is 3.60. The fourth-order valence-electron chi connectivity index (χ4n) is 5.21. The molecular weight excluding hydrogens is 538 g/mol. The predicted octanol–water partition coefficient (Wildman–Crippen LogP) is 5.42. The van der Waals surface area contributed by atoms with Gasteiger partial charge in [-0.2, -0.15) is 0 Å². The van der Waals surface area contributed by atoms with Crippen molar-refractivity contribution in [2.45, 2.75) is 64.6 Å². The molecule has 8 nitrogen and oxygen atoms in total. The third-order valence-electron chi connectivity index (χ3n) is 7.31. The van der Waals surface area contributed by atoms with Crippen LogP contribution < -0.4 is 14.4 Å². The van der Waals surface area contributed by atoms with Gasteiger partial charge in [-0.1, -0.05) is 67.8 Å². The van der Waals surface area contributed by atoms with Gasteiger partial charge in [-0.15, -0.1) is 0 Å². The van der Waals surface area contributed by atoms with E-state index in [2.05, 4.69) is 5.32 Å². The van der Waals surface area contributed by atoms with Gasteiger partial charge in [-0.25, -0.2) is 8.42 Å². The number of hydrogen-bond acceptors (Lipinski definition) is 5. The van der Waals surface area contributed by atoms with Gasteiger partial charge in [0.2, 0.25) is 21.8 Å². The molecule has 0 saturated heterocycles. The summed E-state index contributed by atoms with van der Waals surface area (Å²) in [4.78, 5) is 28.9. The summed E-state index contributed by atoms with van der Waals surface area (Å²) in [5.74, 6) is 0.544. The van der Waals surface area contributed by atoms with E-state index in [1.165, 1.54) is 4.90 Å². The molecule has 0 unspecified atom stereocenters. The van der Waals surface area contributed by atoms with Crippen molar-refractivity contribution in [3.05, 3.63) is 90.0 Å². The normalized spacial score (nSPS) is 14.3. The van der Waals surface area contributed by atoms with Crippen LogP contribution in [-0.4, -0.2) is 50.0 Å². The first-order valence-electron chi connectivity index (χ1n) is 14.1. The maximum Gasteiger partial charge on any atom is 0.244 e. The summed E-state index contributed by atoms with van der Waals surface area (Å²) in [7, 11) is -3.82. The highest BCUT2D eigenvalue weighted by Crippen LogP contribution is 2.26. The lowest BCUT2D eigenvalue weighted by Crippen LogP contribution is -2.53. The Hall–Kier alpha value is -3.85. The van der Waals surface area contributed by atoms with Gasteiger partial charge in [0.05, 0.1) is 11.9 Å². The zero-order chi connectivity index (χ0) is 29.4. The minimum absolute atomic E-state index is 0.108. The SMILES string of the molecule is CC[C@H](C(=O)NC1CCCC1)N(Cc1cccc(C)c1)C(=O)CN(c1ccc(Oc2ccccc2)cc1)S(C)(=O)=O. The van der Waals surface area contributed by atoms with E-state index >= 15 is 0 Å². The molecule has 0 heterocycles. The molecule has 0 aliphatic heterocycles. The number of ether oxygens (including phenoxy) is 1. The van der Waals surface area contributed by atoms with E-state index in [1.807, 2.05) is 68.4 Å². The number of hydrogen-bond donors (Lipinski definition) is 1. The van der Waals surface area contributed by atoms with Crippen LogP contribution in [0.1, 0.15) is 50.2 Å². The zero-order valence-electron chi connectivity index (χ0n) is 24.0. The standard InChI is InChI=1S/C32H39N3O5S/c1-4-30(32(37)33-26-13-8-9-14-26)34(22-25-12-10-11-24(2)21-25)31(36)23-35(41(3,38)39)27-17-19-29(20-18-27)40-28-15-6-5-7-16-28/h5-7,10-12,15-21,26,30H,4,8-9,13-14,22-23H2,1-3H3,(H,33,37)/t30-/m1/s1. The van der Waals surface area contributed by atoms with Crippen molar-refractivity contribution >= 4 is 27.5 Å². The number of para-hydroxylation sites is 1. The molecule has 1 atom stereocenters. The van der Waals surface area contributed by atoms with E-state index in [9.17, 15) is 18.0 Å². The molecule has 218 valence electrons.